The van der Waals surface area contributed by atoms with Crippen molar-refractivity contribution in [3.63, 3.8) is 0 Å². The largest absolute Gasteiger partial charge is 0.478 e. The molecule has 1 atom stereocenters. The Morgan fingerprint density at radius 2 is 1.95 bits per heavy atom. The van der Waals surface area contributed by atoms with Crippen molar-refractivity contribution >= 4 is 29.0 Å². The second-order valence-electron chi connectivity index (χ2n) is 5.19. The third-order valence-electron chi connectivity index (χ3n) is 3.47. The number of amides is 3. The molecule has 9 heteroatoms. The van der Waals surface area contributed by atoms with Crippen LogP contribution in [-0.2, 0) is 20.7 Å². The highest BCUT2D eigenvalue weighted by Crippen LogP contribution is 2.26. The molecular formula is C12H18N2O6S. The van der Waals surface area contributed by atoms with E-state index in [4.69, 9.17) is 9.66 Å². The third-order valence-corrected chi connectivity index (χ3v) is 3.96. The molecule has 8 nitrogen and oxygen atoms in total. The Hall–Kier alpha value is -1.74. The summed E-state index contributed by atoms with van der Waals surface area (Å²) < 4.78 is 19.3. The van der Waals surface area contributed by atoms with Gasteiger partial charge in [0.15, 0.2) is 11.1 Å². The highest BCUT2D eigenvalue weighted by Gasteiger charge is 2.48. The van der Waals surface area contributed by atoms with Crippen molar-refractivity contribution in [3.8, 4) is 0 Å². The predicted molar refractivity (Wildman–Crippen MR) is 74.7 cm³/mol. The summed E-state index contributed by atoms with van der Waals surface area (Å²) in [7, 11) is 1.53. The fourth-order valence-electron chi connectivity index (χ4n) is 1.94. The molecule has 1 fully saturated rings. The number of carboxylic acid groups (broad SMARTS) is 1. The second kappa shape index (κ2) is 6.35. The molecule has 21 heavy (non-hydrogen) atoms. The lowest BCUT2D eigenvalue weighted by Crippen LogP contribution is -2.41. The Kier molecular flexibility index (Phi) is 5.24. The Labute approximate surface area is 124 Å². The van der Waals surface area contributed by atoms with Crippen molar-refractivity contribution in [2.45, 2.75) is 32.2 Å². The van der Waals surface area contributed by atoms with E-state index in [1.807, 2.05) is 0 Å². The van der Waals surface area contributed by atoms with Gasteiger partial charge in [-0.3, -0.25) is 9.69 Å². The lowest BCUT2D eigenvalue weighted by Gasteiger charge is -2.22. The van der Waals surface area contributed by atoms with Crippen molar-refractivity contribution in [2.24, 2.45) is 0 Å². The minimum atomic E-state index is -2.35. The summed E-state index contributed by atoms with van der Waals surface area (Å²) >= 11 is -2.35. The van der Waals surface area contributed by atoms with E-state index in [0.717, 1.165) is 10.3 Å². The maximum Gasteiger partial charge on any atom is 0.332 e. The van der Waals surface area contributed by atoms with E-state index in [0.29, 0.717) is 0 Å². The number of hydrogen-bond acceptors (Lipinski definition) is 4. The van der Waals surface area contributed by atoms with Gasteiger partial charge in [-0.15, -0.1) is 0 Å². The molecule has 0 aromatic rings. The van der Waals surface area contributed by atoms with Gasteiger partial charge in [0, 0.05) is 24.6 Å². The van der Waals surface area contributed by atoms with Gasteiger partial charge < -0.3 is 14.6 Å². The predicted octanol–water partition coefficient (Wildman–Crippen LogP) is 0.629. The van der Waals surface area contributed by atoms with Crippen LogP contribution in [0.3, 0.4) is 0 Å². The number of urea groups is 1. The van der Waals surface area contributed by atoms with Gasteiger partial charge in [0.25, 0.3) is 5.91 Å². The van der Waals surface area contributed by atoms with E-state index >= 15 is 0 Å². The zero-order chi connectivity index (χ0) is 16.4. The normalized spacial score (nSPS) is 20.1. The van der Waals surface area contributed by atoms with Crippen LogP contribution in [0.5, 0.6) is 0 Å². The summed E-state index contributed by atoms with van der Waals surface area (Å²) in [6.07, 6.45) is 0.194. The summed E-state index contributed by atoms with van der Waals surface area (Å²) in [5, 5.41) is 9.60. The monoisotopic (exact) mass is 318 g/mol. The fourth-order valence-corrected chi connectivity index (χ4v) is 2.41. The van der Waals surface area contributed by atoms with Crippen molar-refractivity contribution in [1.82, 2.24) is 9.80 Å². The molecule has 3 amide bonds. The summed E-state index contributed by atoms with van der Waals surface area (Å²) in [4.78, 5) is 37.3. The zero-order valence-corrected chi connectivity index (χ0v) is 12.8. The van der Waals surface area contributed by atoms with Crippen LogP contribution in [0.15, 0.2) is 11.0 Å². The van der Waals surface area contributed by atoms with Gasteiger partial charge >= 0.3 is 12.0 Å². The van der Waals surface area contributed by atoms with Crippen LogP contribution in [0.4, 0.5) is 4.79 Å². The van der Waals surface area contributed by atoms with Crippen LogP contribution in [0.2, 0.25) is 0 Å². The average Bonchev–Trinajstić information content (AvgIpc) is 2.51. The molecule has 1 saturated heterocycles. The second-order valence-corrected chi connectivity index (χ2v) is 5.97. The topological polar surface area (TPSA) is 115 Å². The Bertz CT molecular complexity index is 528. The maximum atomic E-state index is 12.1. The molecule has 0 saturated carbocycles. The molecule has 1 aliphatic heterocycles. The van der Waals surface area contributed by atoms with E-state index in [1.165, 1.54) is 11.9 Å². The summed E-state index contributed by atoms with van der Waals surface area (Å²) in [6.45, 7) is 3.32. The molecule has 0 bridgehead atoms. The molecule has 0 aromatic heterocycles. The molecule has 2 N–H and O–H groups in total. The van der Waals surface area contributed by atoms with Gasteiger partial charge in [-0.05, 0) is 26.7 Å². The van der Waals surface area contributed by atoms with Gasteiger partial charge in [0.1, 0.15) is 5.54 Å². The first-order valence-corrected chi connectivity index (χ1v) is 7.39. The van der Waals surface area contributed by atoms with Gasteiger partial charge in [-0.2, -0.15) is 0 Å². The number of nitrogens with zero attached hydrogens (tertiary/aromatic N) is 2. The van der Waals surface area contributed by atoms with E-state index in [1.54, 1.807) is 13.8 Å². The number of likely N-dealkylation sites (N-methyl/N-ethyl adjacent to an activating group) is 1. The molecule has 118 valence electrons. The summed E-state index contributed by atoms with van der Waals surface area (Å²) in [5.41, 5.74) is -1.14. The quantitative estimate of drug-likeness (QED) is 0.421. The van der Waals surface area contributed by atoms with Crippen LogP contribution in [0.1, 0.15) is 26.7 Å². The van der Waals surface area contributed by atoms with Gasteiger partial charge in [-0.25, -0.2) is 13.8 Å². The van der Waals surface area contributed by atoms with Crippen molar-refractivity contribution < 1.29 is 28.3 Å². The summed E-state index contributed by atoms with van der Waals surface area (Å²) in [5.74, 6) is -1.64. The Morgan fingerprint density at radius 1 is 1.38 bits per heavy atom. The Morgan fingerprint density at radius 3 is 2.33 bits per heavy atom. The smallest absolute Gasteiger partial charge is 0.332 e. The van der Waals surface area contributed by atoms with Crippen LogP contribution in [0.25, 0.3) is 0 Å². The van der Waals surface area contributed by atoms with Crippen LogP contribution in [0, 0.1) is 0 Å². The van der Waals surface area contributed by atoms with Crippen LogP contribution >= 0.6 is 0 Å². The zero-order valence-electron chi connectivity index (χ0n) is 12.0. The molecule has 1 aliphatic rings. The van der Waals surface area contributed by atoms with Gasteiger partial charge in [0.2, 0.25) is 0 Å². The first-order chi connectivity index (χ1) is 9.59. The van der Waals surface area contributed by atoms with E-state index in [9.17, 15) is 18.6 Å². The molecule has 0 aromatic carbocycles. The number of carbonyl (C=O) groups is 3. The molecule has 0 radical (unpaired) electrons. The highest BCUT2D eigenvalue weighted by molar-refractivity contribution is 7.82. The maximum absolute atomic E-state index is 12.1. The molecule has 0 aliphatic carbocycles. The van der Waals surface area contributed by atoms with Crippen LogP contribution < -0.4 is 0 Å². The van der Waals surface area contributed by atoms with Crippen molar-refractivity contribution in [3.05, 3.63) is 11.0 Å². The standard InChI is InChI=1S/C12H18N2O6S/c1-12(2)10(17)14(11(18)13(12)3)6-4-5-8(9(15)16)7-21(19)20/h7H,4-6H2,1-3H3,(H,15,16)(H,19,20). The molecule has 1 heterocycles. The van der Waals surface area contributed by atoms with Crippen molar-refractivity contribution in [1.29, 1.82) is 0 Å². The van der Waals surface area contributed by atoms with E-state index in [-0.39, 0.29) is 30.9 Å². The number of rotatable bonds is 6. The lowest BCUT2D eigenvalue weighted by atomic mass is 10.0. The first kappa shape index (κ1) is 17.3. The Balaban J connectivity index is 2.68. The average molecular weight is 318 g/mol. The SMILES string of the molecule is CN1C(=O)N(CCCC(=CS(=O)O)C(=O)O)C(=O)C1(C)C. The number of imide groups is 1. The summed E-state index contributed by atoms with van der Waals surface area (Å²) in [6, 6.07) is -0.434. The molecular weight excluding hydrogens is 300 g/mol. The first-order valence-electron chi connectivity index (χ1n) is 6.22. The van der Waals surface area contributed by atoms with Crippen molar-refractivity contribution in [2.75, 3.05) is 13.6 Å². The molecule has 1 rings (SSSR count). The molecule has 1 unspecified atom stereocenters. The number of carbonyl (C=O) groups excluding carboxylic acids is 2. The minimum absolute atomic E-state index is 0.0111. The van der Waals surface area contributed by atoms with E-state index < -0.39 is 28.6 Å². The highest BCUT2D eigenvalue weighted by atomic mass is 32.2. The number of hydrogen-bond donors (Lipinski definition) is 2. The fraction of sp³-hybridized carbons (Fsp3) is 0.583. The van der Waals surface area contributed by atoms with Gasteiger partial charge in [0.05, 0.1) is 0 Å². The van der Waals surface area contributed by atoms with Gasteiger partial charge in [-0.1, -0.05) is 0 Å². The number of carboxylic acids is 1. The lowest BCUT2D eigenvalue weighted by molar-refractivity contribution is -0.132. The minimum Gasteiger partial charge on any atom is -0.478 e. The third kappa shape index (κ3) is 3.67. The number of aliphatic carboxylic acids is 1. The van der Waals surface area contributed by atoms with E-state index in [2.05, 4.69) is 0 Å². The molecule has 0 spiro atoms. The van der Waals surface area contributed by atoms with Crippen LogP contribution in [-0.4, -0.2) is 60.7 Å².